The van der Waals surface area contributed by atoms with Crippen LogP contribution in [-0.2, 0) is 21.1 Å². The molecule has 0 saturated heterocycles. The quantitative estimate of drug-likeness (QED) is 0.162. The fraction of sp³-hybridized carbons (Fsp3) is 0. The van der Waals surface area contributed by atoms with E-state index in [2.05, 4.69) is 112 Å². The van der Waals surface area contributed by atoms with Gasteiger partial charge >= 0.3 is 0 Å². The minimum Gasteiger partial charge on any atom is -0.509 e. The Morgan fingerprint density at radius 2 is 1.41 bits per heavy atom. The number of fused-ring (bicyclic) bond motifs is 8. The number of ether oxygens (including phenoxy) is 1. The Hall–Kier alpha value is -5.84. The number of benzene rings is 6. The second-order valence-electron chi connectivity index (χ2n) is 11.7. The Balaban J connectivity index is 0.00000325. The first-order chi connectivity index (χ1) is 23.8. The van der Waals surface area contributed by atoms with Gasteiger partial charge in [-0.25, -0.2) is 4.98 Å². The van der Waals surface area contributed by atoms with Gasteiger partial charge in [-0.3, -0.25) is 0 Å². The Bertz CT molecular complexity index is 2650. The van der Waals surface area contributed by atoms with Crippen LogP contribution in [0.15, 0.2) is 150 Å². The van der Waals surface area contributed by atoms with Crippen molar-refractivity contribution < 1.29 is 30.2 Å². The van der Waals surface area contributed by atoms with E-state index < -0.39 is 0 Å². The molecule has 0 N–H and O–H groups in total. The van der Waals surface area contributed by atoms with E-state index in [9.17, 15) is 0 Å². The van der Waals surface area contributed by atoms with Crippen LogP contribution in [0.1, 0.15) is 0 Å². The molecule has 9 aromatic rings. The molecular formula is C42H25N4O2Pt-3. The zero-order valence-electron chi connectivity index (χ0n) is 25.9. The van der Waals surface area contributed by atoms with E-state index in [0.29, 0.717) is 11.5 Å². The van der Waals surface area contributed by atoms with Crippen molar-refractivity contribution in [2.24, 2.45) is 0 Å². The van der Waals surface area contributed by atoms with Gasteiger partial charge < -0.3 is 23.5 Å². The normalized spacial score (nSPS) is 12.6. The molecule has 0 bridgehead atoms. The second-order valence-corrected chi connectivity index (χ2v) is 11.7. The van der Waals surface area contributed by atoms with Gasteiger partial charge in [-0.1, -0.05) is 77.6 Å². The Morgan fingerprint density at radius 1 is 0.633 bits per heavy atom. The standard InChI is InChI=1S/C42H25N4O2.Pt/c1-2-12-29(13-3-1)44-27-45(36-18-7-6-17-35(36)44)30-14-10-15-31(25-30)47-32-21-22-34-37(26-32)46(39-19-8-9-24-43-39)41-40-33-16-5-4-11-28(33)20-23-38(40)48-42(34)41;/h1-24,27H;/q-3;. The summed E-state index contributed by atoms with van der Waals surface area (Å²) in [7, 11) is 0. The minimum atomic E-state index is 0. The fourth-order valence-electron chi connectivity index (χ4n) is 6.81. The van der Waals surface area contributed by atoms with Crippen molar-refractivity contribution in [3.05, 3.63) is 165 Å². The van der Waals surface area contributed by atoms with E-state index in [1.807, 2.05) is 60.7 Å². The van der Waals surface area contributed by atoms with Crippen LogP contribution >= 0.6 is 0 Å². The first-order valence-electron chi connectivity index (χ1n) is 15.8. The van der Waals surface area contributed by atoms with Crippen molar-refractivity contribution in [1.29, 1.82) is 0 Å². The molecule has 0 unspecified atom stereocenters. The zero-order chi connectivity index (χ0) is 31.6. The summed E-state index contributed by atoms with van der Waals surface area (Å²) in [5.41, 5.74) is 7.54. The van der Waals surface area contributed by atoms with Crippen LogP contribution in [0.3, 0.4) is 0 Å². The summed E-state index contributed by atoms with van der Waals surface area (Å²) >= 11 is 0. The summed E-state index contributed by atoms with van der Waals surface area (Å²) in [5.74, 6) is 1.93. The molecule has 238 valence electrons. The van der Waals surface area contributed by atoms with Gasteiger partial charge in [-0.15, -0.1) is 42.7 Å². The number of hydrogen-bond donors (Lipinski definition) is 0. The molecule has 0 atom stereocenters. The van der Waals surface area contributed by atoms with Crippen LogP contribution in [0, 0.1) is 18.8 Å². The molecule has 6 aromatic carbocycles. The topological polar surface area (TPSA) is 46.7 Å². The molecule has 0 saturated carbocycles. The molecule has 0 radical (unpaired) electrons. The average molecular weight is 813 g/mol. The van der Waals surface area contributed by atoms with Gasteiger partial charge in [0, 0.05) is 55.8 Å². The summed E-state index contributed by atoms with van der Waals surface area (Å²) in [4.78, 5) is 9.07. The fourth-order valence-corrected chi connectivity index (χ4v) is 6.81. The summed E-state index contributed by atoms with van der Waals surface area (Å²) in [6, 6.07) is 54.1. The first kappa shape index (κ1) is 29.3. The first-order valence-corrected chi connectivity index (χ1v) is 15.8. The molecule has 0 fully saturated rings. The predicted octanol–water partition coefficient (Wildman–Crippen LogP) is 10.9. The average Bonchev–Trinajstić information content (AvgIpc) is 3.81. The predicted molar refractivity (Wildman–Crippen MR) is 192 cm³/mol. The number of furan rings is 1. The number of para-hydroxylation sites is 3. The SMILES string of the molecule is [Pt].[c-]1c(Oc2[c-]c3c(cc2)c2oc4ccc5ccccc5c4c2n3-c2ccccn2)cccc1N1[CH-]N(c2ccccc2)c2ccccc21. The van der Waals surface area contributed by atoms with E-state index in [1.54, 1.807) is 6.20 Å². The van der Waals surface area contributed by atoms with Gasteiger partial charge in [0.1, 0.15) is 17.0 Å². The van der Waals surface area contributed by atoms with Crippen molar-refractivity contribution in [2.45, 2.75) is 0 Å². The minimum absolute atomic E-state index is 0. The number of hydrogen-bond acceptors (Lipinski definition) is 5. The maximum absolute atomic E-state index is 6.55. The molecule has 0 amide bonds. The van der Waals surface area contributed by atoms with Gasteiger partial charge in [0.25, 0.3) is 0 Å². The molecule has 3 aromatic heterocycles. The molecular weight excluding hydrogens is 788 g/mol. The molecule has 0 aliphatic carbocycles. The molecule has 1 aliphatic rings. The summed E-state index contributed by atoms with van der Waals surface area (Å²) in [5, 5.41) is 4.26. The molecule has 49 heavy (non-hydrogen) atoms. The van der Waals surface area contributed by atoms with E-state index in [4.69, 9.17) is 14.1 Å². The molecule has 7 heteroatoms. The molecule has 4 heterocycles. The summed E-state index contributed by atoms with van der Waals surface area (Å²) in [6.07, 6.45) is 1.81. The van der Waals surface area contributed by atoms with Gasteiger partial charge in [0.15, 0.2) is 0 Å². The Kier molecular flexibility index (Phi) is 6.99. The summed E-state index contributed by atoms with van der Waals surface area (Å²) in [6.45, 7) is 2.09. The maximum Gasteiger partial charge on any atom is 0.136 e. The molecule has 6 nitrogen and oxygen atoms in total. The third kappa shape index (κ3) is 4.71. The molecule has 1 aliphatic heterocycles. The van der Waals surface area contributed by atoms with Gasteiger partial charge in [-0.05, 0) is 53.2 Å². The largest absolute Gasteiger partial charge is 0.509 e. The smallest absolute Gasteiger partial charge is 0.136 e. The van der Waals surface area contributed by atoms with Crippen molar-refractivity contribution in [2.75, 3.05) is 9.80 Å². The molecule has 0 spiro atoms. The van der Waals surface area contributed by atoms with Crippen LogP contribution in [0.4, 0.5) is 22.7 Å². The van der Waals surface area contributed by atoms with Gasteiger partial charge in [-0.2, -0.15) is 12.1 Å². The zero-order valence-corrected chi connectivity index (χ0v) is 28.1. The van der Waals surface area contributed by atoms with E-state index in [0.717, 1.165) is 72.3 Å². The van der Waals surface area contributed by atoms with Gasteiger partial charge in [0.2, 0.25) is 0 Å². The van der Waals surface area contributed by atoms with Crippen LogP contribution in [0.5, 0.6) is 11.5 Å². The number of rotatable bonds is 5. The van der Waals surface area contributed by atoms with E-state index >= 15 is 0 Å². The number of aromatic nitrogens is 2. The monoisotopic (exact) mass is 812 g/mol. The second kappa shape index (κ2) is 11.7. The Morgan fingerprint density at radius 3 is 2.27 bits per heavy atom. The number of pyridine rings is 1. The van der Waals surface area contributed by atoms with Crippen LogP contribution in [0.25, 0.3) is 49.6 Å². The molecule has 10 rings (SSSR count). The third-order valence-corrected chi connectivity index (χ3v) is 8.92. The van der Waals surface area contributed by atoms with Crippen molar-refractivity contribution in [3.8, 4) is 17.3 Å². The Labute approximate surface area is 296 Å². The van der Waals surface area contributed by atoms with Crippen molar-refractivity contribution in [1.82, 2.24) is 9.55 Å². The van der Waals surface area contributed by atoms with Crippen LogP contribution in [0.2, 0.25) is 0 Å². The van der Waals surface area contributed by atoms with E-state index in [1.165, 1.54) is 0 Å². The van der Waals surface area contributed by atoms with Crippen LogP contribution in [-0.4, -0.2) is 9.55 Å². The van der Waals surface area contributed by atoms with E-state index in [-0.39, 0.29) is 21.1 Å². The van der Waals surface area contributed by atoms with Crippen LogP contribution < -0.4 is 14.5 Å². The number of nitrogens with zero attached hydrogens (tertiary/aromatic N) is 4. The van der Waals surface area contributed by atoms with Gasteiger partial charge in [0.05, 0.1) is 10.9 Å². The third-order valence-electron chi connectivity index (χ3n) is 8.92. The number of anilines is 4. The maximum atomic E-state index is 6.55. The summed E-state index contributed by atoms with van der Waals surface area (Å²) < 4.78 is 15.2. The van der Waals surface area contributed by atoms with Crippen molar-refractivity contribution >= 4 is 66.5 Å². The van der Waals surface area contributed by atoms with Crippen molar-refractivity contribution in [3.63, 3.8) is 0 Å².